The van der Waals surface area contributed by atoms with Crippen LogP contribution in [0, 0.1) is 0 Å². The summed E-state index contributed by atoms with van der Waals surface area (Å²) in [4.78, 5) is 9.71. The number of carbonyl (C=O) groups is 1. The van der Waals surface area contributed by atoms with Crippen LogP contribution in [0.15, 0.2) is 0 Å². The summed E-state index contributed by atoms with van der Waals surface area (Å²) in [5, 5.41) is 16.2. The van der Waals surface area contributed by atoms with Gasteiger partial charge in [-0.3, -0.25) is 4.79 Å². The highest BCUT2D eigenvalue weighted by Gasteiger charge is 1.91. The third-order valence-electron chi connectivity index (χ3n) is 0.487. The van der Waals surface area contributed by atoms with Crippen molar-refractivity contribution in [2.45, 2.75) is 12.8 Å². The van der Waals surface area contributed by atoms with Crippen LogP contribution in [0.5, 0.6) is 0 Å². The van der Waals surface area contributed by atoms with Gasteiger partial charge in [0, 0.05) is 13.0 Å². The van der Waals surface area contributed by atoms with Gasteiger partial charge in [0.05, 0.1) is 1.37 Å². The minimum atomic E-state index is -1.24. The van der Waals surface area contributed by atoms with E-state index in [1.807, 2.05) is 0 Å². The van der Waals surface area contributed by atoms with E-state index < -0.39 is 12.6 Å². The van der Waals surface area contributed by atoms with Crippen LogP contribution < -0.4 is 0 Å². The average Bonchev–Trinajstić information content (AvgIpc) is 1.61. The van der Waals surface area contributed by atoms with E-state index in [0.717, 1.165) is 0 Å². The Morgan fingerprint density at radius 3 is 2.57 bits per heavy atom. The Hall–Kier alpha value is -0.570. The summed E-state index contributed by atoms with van der Waals surface area (Å²) >= 11 is 0. The molecule has 0 bridgehead atoms. The number of carboxylic acid groups (broad SMARTS) is 1. The normalized spacial score (nSPS) is 15.3. The smallest absolute Gasteiger partial charge is 0.303 e. The van der Waals surface area contributed by atoms with E-state index in [1.54, 1.807) is 0 Å². The van der Waals surface area contributed by atoms with Crippen molar-refractivity contribution in [3.05, 3.63) is 0 Å². The maximum Gasteiger partial charge on any atom is 0.303 e. The summed E-state index contributed by atoms with van der Waals surface area (Å²) in [7, 11) is 0. The van der Waals surface area contributed by atoms with Crippen molar-refractivity contribution in [2.75, 3.05) is 6.58 Å². The van der Waals surface area contributed by atoms with Crippen molar-refractivity contribution in [1.29, 1.82) is 0 Å². The van der Waals surface area contributed by atoms with Gasteiger partial charge >= 0.3 is 5.97 Å². The molecule has 2 N–H and O–H groups in total. The highest BCUT2D eigenvalue weighted by molar-refractivity contribution is 5.66. The molecule has 3 heteroatoms. The van der Waals surface area contributed by atoms with Crippen molar-refractivity contribution in [2.24, 2.45) is 0 Å². The zero-order valence-electron chi connectivity index (χ0n) is 4.79. The lowest BCUT2D eigenvalue weighted by Crippen LogP contribution is -1.95. The van der Waals surface area contributed by atoms with E-state index >= 15 is 0 Å². The lowest BCUT2D eigenvalue weighted by Gasteiger charge is -1.85. The minimum Gasteiger partial charge on any atom is -0.481 e. The SMILES string of the molecule is [2H]C(O)CCC(=O)O. The second-order valence-corrected chi connectivity index (χ2v) is 1.11. The number of aliphatic hydroxyl groups is 1. The van der Waals surface area contributed by atoms with Crippen molar-refractivity contribution in [3.8, 4) is 0 Å². The molecular formula is C4H8O3. The summed E-state index contributed by atoms with van der Waals surface area (Å²) < 4.78 is 6.46. The molecule has 0 aliphatic rings. The number of hydrogen-bond donors (Lipinski definition) is 2. The first-order valence-electron chi connectivity index (χ1n) is 2.53. The van der Waals surface area contributed by atoms with Crippen LogP contribution in [-0.4, -0.2) is 22.8 Å². The Bertz CT molecular complexity index is 81.4. The molecule has 0 saturated heterocycles. The molecule has 0 radical (unpaired) electrons. The van der Waals surface area contributed by atoms with Gasteiger partial charge in [-0.25, -0.2) is 0 Å². The molecule has 42 valence electrons. The molecule has 0 fully saturated rings. The second-order valence-electron chi connectivity index (χ2n) is 1.11. The quantitative estimate of drug-likeness (QED) is 0.524. The highest BCUT2D eigenvalue weighted by Crippen LogP contribution is 1.83. The summed E-state index contributed by atoms with van der Waals surface area (Å²) in [6, 6.07) is 0. The van der Waals surface area contributed by atoms with Crippen LogP contribution in [0.3, 0.4) is 0 Å². The molecule has 1 atom stereocenters. The first-order chi connectivity index (χ1) is 3.63. The monoisotopic (exact) mass is 105 g/mol. The van der Waals surface area contributed by atoms with Gasteiger partial charge in [0.15, 0.2) is 0 Å². The maximum absolute atomic E-state index is 9.71. The van der Waals surface area contributed by atoms with E-state index in [2.05, 4.69) is 0 Å². The summed E-state index contributed by atoms with van der Waals surface area (Å²) in [5.74, 6) is -0.976. The Kier molecular flexibility index (Phi) is 2.37. The first kappa shape index (κ1) is 4.59. The molecule has 3 nitrogen and oxygen atoms in total. The van der Waals surface area contributed by atoms with Crippen LogP contribution in [0.4, 0.5) is 0 Å². The molecule has 1 unspecified atom stereocenters. The molecule has 0 aromatic heterocycles. The van der Waals surface area contributed by atoms with Gasteiger partial charge in [-0.05, 0) is 6.42 Å². The summed E-state index contributed by atoms with van der Waals surface area (Å²) in [5.41, 5.74) is 0. The van der Waals surface area contributed by atoms with Crippen LogP contribution in [0.2, 0.25) is 0 Å². The van der Waals surface area contributed by atoms with E-state index in [1.165, 1.54) is 0 Å². The van der Waals surface area contributed by atoms with Gasteiger partial charge in [0.2, 0.25) is 0 Å². The van der Waals surface area contributed by atoms with E-state index in [4.69, 9.17) is 11.6 Å². The fourth-order valence-electron chi connectivity index (χ4n) is 0.188. The van der Waals surface area contributed by atoms with Crippen LogP contribution >= 0.6 is 0 Å². The number of carboxylic acids is 1. The summed E-state index contributed by atoms with van der Waals surface area (Å²) in [6.07, 6.45) is -0.125. The van der Waals surface area contributed by atoms with Crippen LogP contribution in [-0.2, 0) is 4.79 Å². The standard InChI is InChI=1S/C4H8O3/c5-3-1-2-4(6)7/h5H,1-3H2,(H,6,7)/i3D. The summed E-state index contributed by atoms with van der Waals surface area (Å²) in [6.45, 7) is -1.24. The van der Waals surface area contributed by atoms with Crippen LogP contribution in [0.1, 0.15) is 14.2 Å². The number of rotatable bonds is 3. The van der Waals surface area contributed by atoms with Crippen molar-refractivity contribution >= 4 is 5.97 Å². The molecule has 7 heavy (non-hydrogen) atoms. The van der Waals surface area contributed by atoms with Crippen molar-refractivity contribution in [3.63, 3.8) is 0 Å². The van der Waals surface area contributed by atoms with Crippen molar-refractivity contribution in [1.82, 2.24) is 0 Å². The second kappa shape index (κ2) is 3.61. The Labute approximate surface area is 43.0 Å². The van der Waals surface area contributed by atoms with Gasteiger partial charge in [-0.1, -0.05) is 0 Å². The van der Waals surface area contributed by atoms with Crippen molar-refractivity contribution < 1.29 is 16.4 Å². The Morgan fingerprint density at radius 2 is 2.43 bits per heavy atom. The third kappa shape index (κ3) is 5.43. The highest BCUT2D eigenvalue weighted by atomic mass is 16.4. The predicted octanol–water partition coefficient (Wildman–Crippen LogP) is -0.156. The lowest BCUT2D eigenvalue weighted by molar-refractivity contribution is -0.137. The molecule has 0 aromatic carbocycles. The van der Waals surface area contributed by atoms with Crippen LogP contribution in [0.25, 0.3) is 0 Å². The van der Waals surface area contributed by atoms with Gasteiger partial charge in [0.1, 0.15) is 0 Å². The zero-order chi connectivity index (χ0) is 6.57. The molecule has 0 saturated carbocycles. The van der Waals surface area contributed by atoms with E-state index in [-0.39, 0.29) is 12.8 Å². The molecular weight excluding hydrogens is 96.0 g/mol. The van der Waals surface area contributed by atoms with Gasteiger partial charge < -0.3 is 10.2 Å². The number of aliphatic hydroxyl groups excluding tert-OH is 1. The minimum absolute atomic E-state index is 0.00926. The molecule has 0 aliphatic carbocycles. The molecule has 0 amide bonds. The first-order valence-corrected chi connectivity index (χ1v) is 1.95. The Balaban J connectivity index is 3.05. The topological polar surface area (TPSA) is 57.5 Å². The number of hydrogen-bond acceptors (Lipinski definition) is 2. The zero-order valence-corrected chi connectivity index (χ0v) is 3.79. The molecule has 0 spiro atoms. The Morgan fingerprint density at radius 1 is 1.86 bits per heavy atom. The fraction of sp³-hybridized carbons (Fsp3) is 0.750. The largest absolute Gasteiger partial charge is 0.481 e. The number of aliphatic carboxylic acids is 1. The van der Waals surface area contributed by atoms with Gasteiger partial charge in [-0.15, -0.1) is 0 Å². The molecule has 0 aromatic rings. The van der Waals surface area contributed by atoms with Gasteiger partial charge in [0.25, 0.3) is 0 Å². The molecule has 0 heterocycles. The predicted molar refractivity (Wildman–Crippen MR) is 24.0 cm³/mol. The lowest BCUT2D eigenvalue weighted by atomic mass is 10.3. The molecule has 0 aliphatic heterocycles. The molecule has 0 rings (SSSR count). The third-order valence-corrected chi connectivity index (χ3v) is 0.487. The van der Waals surface area contributed by atoms with E-state index in [0.29, 0.717) is 0 Å². The average molecular weight is 105 g/mol. The maximum atomic E-state index is 9.71. The fourth-order valence-corrected chi connectivity index (χ4v) is 0.188. The van der Waals surface area contributed by atoms with E-state index in [9.17, 15) is 4.79 Å². The van der Waals surface area contributed by atoms with Gasteiger partial charge in [-0.2, -0.15) is 0 Å².